The lowest BCUT2D eigenvalue weighted by atomic mass is 9.93. The first-order valence-electron chi connectivity index (χ1n) is 8.16. The highest BCUT2D eigenvalue weighted by atomic mass is 16.5. The van der Waals surface area contributed by atoms with Crippen LogP contribution in [0.25, 0.3) is 0 Å². The molecule has 0 amide bonds. The van der Waals surface area contributed by atoms with E-state index in [9.17, 15) is 9.90 Å². The Labute approximate surface area is 142 Å². The third-order valence-corrected chi connectivity index (χ3v) is 3.82. The Kier molecular flexibility index (Phi) is 6.38. The molecule has 2 rings (SSSR count). The van der Waals surface area contributed by atoms with E-state index in [2.05, 4.69) is 19.1 Å². The summed E-state index contributed by atoms with van der Waals surface area (Å²) < 4.78 is 5.58. The van der Waals surface area contributed by atoms with Crippen molar-refractivity contribution in [1.82, 2.24) is 0 Å². The molecule has 2 atom stereocenters. The average Bonchev–Trinajstić information content (AvgIpc) is 2.55. The van der Waals surface area contributed by atoms with Crippen LogP contribution in [0.15, 0.2) is 48.5 Å². The Balaban J connectivity index is 2.14. The molecule has 0 aliphatic heterocycles. The molecule has 0 aliphatic carbocycles. The summed E-state index contributed by atoms with van der Waals surface area (Å²) in [7, 11) is 0. The van der Waals surface area contributed by atoms with Gasteiger partial charge in [-0.05, 0) is 55.0 Å². The van der Waals surface area contributed by atoms with Gasteiger partial charge in [0.05, 0.1) is 12.2 Å². The van der Waals surface area contributed by atoms with Gasteiger partial charge in [0.2, 0.25) is 0 Å². The number of aliphatic hydroxyl groups excluding tert-OH is 1. The standard InChI is InChI=1S/C20H24O4/c1-14(8-16-6-4-3-5-7-16)9-17-10-18(20(22)23)12-19(11-17)24-15(2)13-21/h3-7,10-12,14-15,21H,8-9,13H2,1-2H3,(H,22,23)/t14-,15-/m0/s1. The van der Waals surface area contributed by atoms with Crippen LogP contribution in [0.4, 0.5) is 0 Å². The van der Waals surface area contributed by atoms with E-state index in [1.807, 2.05) is 24.3 Å². The molecule has 0 saturated heterocycles. The van der Waals surface area contributed by atoms with E-state index in [1.54, 1.807) is 13.0 Å². The van der Waals surface area contributed by atoms with Crippen molar-refractivity contribution in [1.29, 1.82) is 0 Å². The van der Waals surface area contributed by atoms with Crippen LogP contribution in [-0.2, 0) is 12.8 Å². The van der Waals surface area contributed by atoms with Crippen LogP contribution in [0.1, 0.15) is 35.3 Å². The monoisotopic (exact) mass is 328 g/mol. The van der Waals surface area contributed by atoms with Crippen LogP contribution < -0.4 is 4.74 Å². The Bertz CT molecular complexity index is 667. The van der Waals surface area contributed by atoms with E-state index in [0.717, 1.165) is 18.4 Å². The molecule has 0 radical (unpaired) electrons. The molecule has 2 aromatic carbocycles. The molecular weight excluding hydrogens is 304 g/mol. The number of carboxylic acid groups (broad SMARTS) is 1. The van der Waals surface area contributed by atoms with E-state index < -0.39 is 5.97 Å². The van der Waals surface area contributed by atoms with Crippen molar-refractivity contribution in [3.05, 3.63) is 65.2 Å². The minimum Gasteiger partial charge on any atom is -0.488 e. The zero-order chi connectivity index (χ0) is 17.5. The molecule has 0 unspecified atom stereocenters. The Hall–Kier alpha value is -2.33. The van der Waals surface area contributed by atoms with Crippen LogP contribution in [0, 0.1) is 5.92 Å². The maximum atomic E-state index is 11.3. The van der Waals surface area contributed by atoms with Gasteiger partial charge in [0.15, 0.2) is 0 Å². The fraction of sp³-hybridized carbons (Fsp3) is 0.350. The number of carbonyl (C=O) groups is 1. The van der Waals surface area contributed by atoms with Gasteiger partial charge in [-0.1, -0.05) is 37.3 Å². The van der Waals surface area contributed by atoms with E-state index >= 15 is 0 Å². The molecule has 4 nitrogen and oxygen atoms in total. The normalized spacial score (nSPS) is 13.3. The first-order valence-corrected chi connectivity index (χ1v) is 8.16. The van der Waals surface area contributed by atoms with Crippen LogP contribution in [0.3, 0.4) is 0 Å². The average molecular weight is 328 g/mol. The molecule has 0 heterocycles. The Morgan fingerprint density at radius 2 is 1.71 bits per heavy atom. The van der Waals surface area contributed by atoms with Gasteiger partial charge >= 0.3 is 5.97 Å². The maximum Gasteiger partial charge on any atom is 0.335 e. The van der Waals surface area contributed by atoms with Crippen LogP contribution >= 0.6 is 0 Å². The number of hydrogen-bond donors (Lipinski definition) is 2. The molecule has 0 saturated carbocycles. The third-order valence-electron chi connectivity index (χ3n) is 3.82. The summed E-state index contributed by atoms with van der Waals surface area (Å²) in [5, 5.41) is 18.4. The summed E-state index contributed by atoms with van der Waals surface area (Å²) in [5.74, 6) is -0.119. The second-order valence-corrected chi connectivity index (χ2v) is 6.28. The van der Waals surface area contributed by atoms with E-state index in [0.29, 0.717) is 11.7 Å². The molecular formula is C20H24O4. The SMILES string of the molecule is C[C@@H](Cc1ccccc1)Cc1cc(O[C@@H](C)CO)cc(C(=O)O)c1. The molecule has 0 fully saturated rings. The van der Waals surface area contributed by atoms with Crippen molar-refractivity contribution < 1.29 is 19.7 Å². The maximum absolute atomic E-state index is 11.3. The van der Waals surface area contributed by atoms with Gasteiger partial charge in [0, 0.05) is 0 Å². The van der Waals surface area contributed by atoms with Gasteiger partial charge in [-0.15, -0.1) is 0 Å². The lowest BCUT2D eigenvalue weighted by Gasteiger charge is -2.16. The Morgan fingerprint density at radius 1 is 1.04 bits per heavy atom. The van der Waals surface area contributed by atoms with Crippen LogP contribution in [0.5, 0.6) is 5.75 Å². The van der Waals surface area contributed by atoms with Gasteiger partial charge in [-0.3, -0.25) is 0 Å². The number of aromatic carboxylic acids is 1. The summed E-state index contributed by atoms with van der Waals surface area (Å²) in [5.41, 5.74) is 2.41. The lowest BCUT2D eigenvalue weighted by Crippen LogP contribution is -2.17. The van der Waals surface area contributed by atoms with Crippen molar-refractivity contribution >= 4 is 5.97 Å². The van der Waals surface area contributed by atoms with Crippen molar-refractivity contribution in [2.45, 2.75) is 32.8 Å². The van der Waals surface area contributed by atoms with E-state index in [1.165, 1.54) is 11.6 Å². The second kappa shape index (κ2) is 8.50. The molecule has 0 aliphatic rings. The number of hydrogen-bond acceptors (Lipinski definition) is 3. The minimum absolute atomic E-state index is 0.114. The molecule has 0 bridgehead atoms. The highest BCUT2D eigenvalue weighted by molar-refractivity contribution is 5.88. The highest BCUT2D eigenvalue weighted by Crippen LogP contribution is 2.22. The Morgan fingerprint density at radius 3 is 2.33 bits per heavy atom. The van der Waals surface area contributed by atoms with Crippen LogP contribution in [0.2, 0.25) is 0 Å². The van der Waals surface area contributed by atoms with Gasteiger partial charge in [-0.2, -0.15) is 0 Å². The number of ether oxygens (including phenoxy) is 1. The topological polar surface area (TPSA) is 66.8 Å². The molecule has 24 heavy (non-hydrogen) atoms. The summed E-state index contributed by atoms with van der Waals surface area (Å²) >= 11 is 0. The van der Waals surface area contributed by atoms with E-state index in [4.69, 9.17) is 9.84 Å². The van der Waals surface area contributed by atoms with Crippen molar-refractivity contribution in [2.24, 2.45) is 5.92 Å². The zero-order valence-corrected chi connectivity index (χ0v) is 14.1. The fourth-order valence-electron chi connectivity index (χ4n) is 2.73. The molecule has 0 aromatic heterocycles. The van der Waals surface area contributed by atoms with Crippen molar-refractivity contribution in [2.75, 3.05) is 6.61 Å². The molecule has 0 spiro atoms. The first-order chi connectivity index (χ1) is 11.5. The number of carboxylic acids is 1. The predicted molar refractivity (Wildman–Crippen MR) is 93.6 cm³/mol. The van der Waals surface area contributed by atoms with Crippen molar-refractivity contribution in [3.8, 4) is 5.75 Å². The van der Waals surface area contributed by atoms with Crippen LogP contribution in [-0.4, -0.2) is 28.9 Å². The fourth-order valence-corrected chi connectivity index (χ4v) is 2.73. The van der Waals surface area contributed by atoms with Gasteiger partial charge in [-0.25, -0.2) is 4.79 Å². The van der Waals surface area contributed by atoms with Gasteiger partial charge < -0.3 is 14.9 Å². The predicted octanol–water partition coefficient (Wildman–Crippen LogP) is 3.57. The summed E-state index contributed by atoms with van der Waals surface area (Å²) in [6.07, 6.45) is 1.32. The number of aliphatic hydroxyl groups is 1. The third kappa shape index (κ3) is 5.39. The molecule has 2 aromatic rings. The van der Waals surface area contributed by atoms with E-state index in [-0.39, 0.29) is 18.3 Å². The first kappa shape index (κ1) is 18.0. The van der Waals surface area contributed by atoms with Crippen molar-refractivity contribution in [3.63, 3.8) is 0 Å². The summed E-state index contributed by atoms with van der Waals surface area (Å²) in [4.78, 5) is 11.3. The quantitative estimate of drug-likeness (QED) is 0.777. The molecule has 4 heteroatoms. The largest absolute Gasteiger partial charge is 0.488 e. The number of rotatable bonds is 8. The second-order valence-electron chi connectivity index (χ2n) is 6.28. The molecule has 2 N–H and O–H groups in total. The van der Waals surface area contributed by atoms with Gasteiger partial charge in [0.25, 0.3) is 0 Å². The zero-order valence-electron chi connectivity index (χ0n) is 14.1. The highest BCUT2D eigenvalue weighted by Gasteiger charge is 2.12. The minimum atomic E-state index is -0.978. The molecule has 128 valence electrons. The lowest BCUT2D eigenvalue weighted by molar-refractivity contribution is 0.0695. The summed E-state index contributed by atoms with van der Waals surface area (Å²) in [6, 6.07) is 15.3. The summed E-state index contributed by atoms with van der Waals surface area (Å²) in [6.45, 7) is 3.78. The van der Waals surface area contributed by atoms with Gasteiger partial charge in [0.1, 0.15) is 11.9 Å². The number of benzene rings is 2. The smallest absolute Gasteiger partial charge is 0.335 e.